The van der Waals surface area contributed by atoms with Crippen LogP contribution in [0.1, 0.15) is 28.8 Å². The number of anilines is 1. The summed E-state index contributed by atoms with van der Waals surface area (Å²) in [6, 6.07) is 12.7. The van der Waals surface area contributed by atoms with Gasteiger partial charge >= 0.3 is 0 Å². The van der Waals surface area contributed by atoms with Gasteiger partial charge in [0.15, 0.2) is 5.78 Å². The lowest BCUT2D eigenvalue weighted by atomic mass is 9.96. The van der Waals surface area contributed by atoms with Gasteiger partial charge in [-0.3, -0.25) is 14.6 Å². The molecule has 1 fully saturated rings. The molecule has 1 aliphatic rings. The fraction of sp³-hybridized carbons (Fsp3) is 0.182. The average Bonchev–Trinajstić information content (AvgIpc) is 3.55. The van der Waals surface area contributed by atoms with Crippen LogP contribution in [0.3, 0.4) is 0 Å². The zero-order valence-corrected chi connectivity index (χ0v) is 15.8. The number of rotatable bonds is 6. The van der Waals surface area contributed by atoms with Crippen molar-refractivity contribution in [2.75, 3.05) is 5.32 Å². The molecule has 1 aromatic carbocycles. The van der Waals surface area contributed by atoms with E-state index in [9.17, 15) is 9.59 Å². The van der Waals surface area contributed by atoms with Crippen LogP contribution in [0.2, 0.25) is 5.02 Å². The van der Waals surface area contributed by atoms with E-state index < -0.39 is 0 Å². The second-order valence-electron chi connectivity index (χ2n) is 6.83. The molecular weight excluding hydrogens is 374 g/mol. The van der Waals surface area contributed by atoms with Gasteiger partial charge in [-0.15, -0.1) is 0 Å². The fourth-order valence-electron chi connectivity index (χ4n) is 3.00. The summed E-state index contributed by atoms with van der Waals surface area (Å²) < 4.78 is 0. The lowest BCUT2D eigenvalue weighted by molar-refractivity contribution is -0.117. The molecule has 3 aromatic rings. The van der Waals surface area contributed by atoms with Crippen molar-refractivity contribution in [3.05, 3.63) is 77.2 Å². The number of Topliss-reactive ketones (excluding diaryl/α,β-unsaturated/α-hetero) is 1. The Labute approximate surface area is 167 Å². The standard InChI is InChI=1S/C22H18ClN3O2/c23-18-5-3-14(4-6-18)19-8-9-24-13-17(19)11-20(27)16-7-10-25-21(12-16)26-22(28)15-1-2-15/h3-10,12-13,15H,1-2,11H2,(H,25,26,28). The molecule has 28 heavy (non-hydrogen) atoms. The Balaban J connectivity index is 1.54. The lowest BCUT2D eigenvalue weighted by Crippen LogP contribution is -2.15. The van der Waals surface area contributed by atoms with Crippen molar-refractivity contribution in [1.29, 1.82) is 0 Å². The molecule has 1 amide bonds. The summed E-state index contributed by atoms with van der Waals surface area (Å²) in [7, 11) is 0. The average molecular weight is 392 g/mol. The summed E-state index contributed by atoms with van der Waals surface area (Å²) in [5, 5.41) is 3.44. The van der Waals surface area contributed by atoms with Crippen LogP contribution in [-0.2, 0) is 11.2 Å². The van der Waals surface area contributed by atoms with E-state index in [2.05, 4.69) is 15.3 Å². The minimum atomic E-state index is -0.0625. The van der Waals surface area contributed by atoms with Crippen molar-refractivity contribution in [2.24, 2.45) is 5.92 Å². The number of aromatic nitrogens is 2. The van der Waals surface area contributed by atoms with Gasteiger partial charge in [-0.2, -0.15) is 0 Å². The summed E-state index contributed by atoms with van der Waals surface area (Å²) in [5.74, 6) is 0.396. The summed E-state index contributed by atoms with van der Waals surface area (Å²) in [6.07, 6.45) is 6.98. The van der Waals surface area contributed by atoms with E-state index in [1.165, 1.54) is 0 Å². The maximum Gasteiger partial charge on any atom is 0.228 e. The van der Waals surface area contributed by atoms with Gasteiger partial charge in [-0.25, -0.2) is 4.98 Å². The third-order valence-electron chi connectivity index (χ3n) is 4.69. The molecule has 6 heteroatoms. The summed E-state index contributed by atoms with van der Waals surface area (Å²) in [5.41, 5.74) is 3.25. The van der Waals surface area contributed by atoms with E-state index in [0.29, 0.717) is 16.4 Å². The molecule has 140 valence electrons. The number of pyridine rings is 2. The summed E-state index contributed by atoms with van der Waals surface area (Å²) in [6.45, 7) is 0. The van der Waals surface area contributed by atoms with Gasteiger partial charge in [0, 0.05) is 41.5 Å². The molecule has 0 atom stereocenters. The Kier molecular flexibility index (Phi) is 5.17. The van der Waals surface area contributed by atoms with E-state index >= 15 is 0 Å². The molecule has 0 radical (unpaired) electrons. The van der Waals surface area contributed by atoms with Gasteiger partial charge in [-0.1, -0.05) is 23.7 Å². The Morgan fingerprint density at radius 3 is 2.61 bits per heavy atom. The van der Waals surface area contributed by atoms with Crippen molar-refractivity contribution in [1.82, 2.24) is 9.97 Å². The number of amides is 1. The van der Waals surface area contributed by atoms with Crippen molar-refractivity contribution in [3.63, 3.8) is 0 Å². The molecule has 1 N–H and O–H groups in total. The Hall–Kier alpha value is -3.05. The van der Waals surface area contributed by atoms with E-state index in [0.717, 1.165) is 29.5 Å². The van der Waals surface area contributed by atoms with Crippen molar-refractivity contribution < 1.29 is 9.59 Å². The van der Waals surface area contributed by atoms with Gasteiger partial charge in [0.2, 0.25) is 5.91 Å². The number of hydrogen-bond donors (Lipinski definition) is 1. The molecule has 0 saturated heterocycles. The van der Waals surface area contributed by atoms with Crippen LogP contribution in [0.15, 0.2) is 61.1 Å². The fourth-order valence-corrected chi connectivity index (χ4v) is 3.13. The van der Waals surface area contributed by atoms with Gasteiger partial charge < -0.3 is 5.32 Å². The molecule has 2 aromatic heterocycles. The number of nitrogens with one attached hydrogen (secondary N) is 1. The number of hydrogen-bond acceptors (Lipinski definition) is 4. The van der Waals surface area contributed by atoms with Crippen LogP contribution >= 0.6 is 11.6 Å². The number of carbonyl (C=O) groups excluding carboxylic acids is 2. The predicted octanol–water partition coefficient (Wildman–Crippen LogP) is 4.57. The highest BCUT2D eigenvalue weighted by molar-refractivity contribution is 6.30. The summed E-state index contributed by atoms with van der Waals surface area (Å²) >= 11 is 5.98. The van der Waals surface area contributed by atoms with Gasteiger partial charge in [0.25, 0.3) is 0 Å². The first kappa shape index (κ1) is 18.3. The van der Waals surface area contributed by atoms with E-state index in [1.54, 1.807) is 30.7 Å². The number of benzene rings is 1. The minimum Gasteiger partial charge on any atom is -0.310 e. The Morgan fingerprint density at radius 1 is 1.07 bits per heavy atom. The molecule has 5 nitrogen and oxygen atoms in total. The van der Waals surface area contributed by atoms with Crippen LogP contribution in [0.25, 0.3) is 11.1 Å². The van der Waals surface area contributed by atoms with Crippen LogP contribution in [-0.4, -0.2) is 21.7 Å². The number of halogens is 1. The van der Waals surface area contributed by atoms with Gasteiger partial charge in [0.05, 0.1) is 0 Å². The van der Waals surface area contributed by atoms with Crippen molar-refractivity contribution >= 4 is 29.1 Å². The second-order valence-corrected chi connectivity index (χ2v) is 7.27. The van der Waals surface area contributed by atoms with Crippen LogP contribution < -0.4 is 5.32 Å². The number of nitrogens with zero attached hydrogens (tertiary/aromatic N) is 2. The highest BCUT2D eigenvalue weighted by Crippen LogP contribution is 2.30. The second kappa shape index (κ2) is 7.90. The van der Waals surface area contributed by atoms with Crippen LogP contribution in [0.5, 0.6) is 0 Å². The quantitative estimate of drug-likeness (QED) is 0.624. The third-order valence-corrected chi connectivity index (χ3v) is 4.94. The number of carbonyl (C=O) groups is 2. The Bertz CT molecular complexity index is 1030. The SMILES string of the molecule is O=C(Cc1cnccc1-c1ccc(Cl)cc1)c1ccnc(NC(=O)C2CC2)c1. The maximum atomic E-state index is 12.8. The molecule has 0 unspecified atom stereocenters. The predicted molar refractivity (Wildman–Crippen MR) is 108 cm³/mol. The first-order chi connectivity index (χ1) is 13.6. The van der Waals surface area contributed by atoms with Gasteiger partial charge in [-0.05, 0) is 59.9 Å². The molecule has 0 spiro atoms. The van der Waals surface area contributed by atoms with Gasteiger partial charge in [0.1, 0.15) is 5.82 Å². The first-order valence-corrected chi connectivity index (χ1v) is 9.47. The molecule has 1 aliphatic carbocycles. The molecule has 1 saturated carbocycles. The maximum absolute atomic E-state index is 12.8. The third kappa shape index (κ3) is 4.26. The highest BCUT2D eigenvalue weighted by Gasteiger charge is 2.29. The largest absolute Gasteiger partial charge is 0.310 e. The zero-order chi connectivity index (χ0) is 19.5. The first-order valence-electron chi connectivity index (χ1n) is 9.09. The molecule has 0 bridgehead atoms. The van der Waals surface area contributed by atoms with E-state index in [4.69, 9.17) is 11.6 Å². The van der Waals surface area contributed by atoms with Crippen LogP contribution in [0, 0.1) is 5.92 Å². The molecule has 4 rings (SSSR count). The van der Waals surface area contributed by atoms with E-state index in [1.807, 2.05) is 30.3 Å². The molecule has 2 heterocycles. The molecular formula is C22H18ClN3O2. The number of ketones is 1. The smallest absolute Gasteiger partial charge is 0.228 e. The highest BCUT2D eigenvalue weighted by atomic mass is 35.5. The summed E-state index contributed by atoms with van der Waals surface area (Å²) in [4.78, 5) is 33.1. The minimum absolute atomic E-state index is 0.0330. The zero-order valence-electron chi connectivity index (χ0n) is 15.1. The topological polar surface area (TPSA) is 72.0 Å². The lowest BCUT2D eigenvalue weighted by Gasteiger charge is -2.10. The Morgan fingerprint density at radius 2 is 1.86 bits per heavy atom. The van der Waals surface area contributed by atoms with Crippen molar-refractivity contribution in [2.45, 2.75) is 19.3 Å². The molecule has 0 aliphatic heterocycles. The normalized spacial score (nSPS) is 13.2. The van der Waals surface area contributed by atoms with Crippen LogP contribution in [0.4, 0.5) is 5.82 Å². The van der Waals surface area contributed by atoms with E-state index in [-0.39, 0.29) is 24.0 Å². The monoisotopic (exact) mass is 391 g/mol. The van der Waals surface area contributed by atoms with Crippen molar-refractivity contribution in [3.8, 4) is 11.1 Å².